The third-order valence-electron chi connectivity index (χ3n) is 4.26. The van der Waals surface area contributed by atoms with Crippen molar-refractivity contribution in [3.05, 3.63) is 40.5 Å². The van der Waals surface area contributed by atoms with Crippen LogP contribution in [-0.4, -0.2) is 64.1 Å². The molecule has 1 aromatic carbocycles. The minimum atomic E-state index is -1.63. The number of carbonyl (C=O) groups excluding carboxylic acids is 1. The van der Waals surface area contributed by atoms with Crippen molar-refractivity contribution in [1.82, 2.24) is 14.7 Å². The van der Waals surface area contributed by atoms with Gasteiger partial charge in [-0.3, -0.25) is 4.90 Å². The minimum absolute atomic E-state index is 0.00604. The number of hydrogen-bond donors (Lipinski definition) is 1. The van der Waals surface area contributed by atoms with Crippen LogP contribution >= 0.6 is 23.2 Å². The predicted octanol–water partition coefficient (Wildman–Crippen LogP) is 2.65. The number of carbonyl (C=O) groups is 2. The Balaban J connectivity index is 1.63. The number of halogens is 2. The van der Waals surface area contributed by atoms with E-state index in [4.69, 9.17) is 37.8 Å². The largest absolute Gasteiger partial charge is 0.473 e. The second-order valence-electron chi connectivity index (χ2n) is 6.35. The van der Waals surface area contributed by atoms with Crippen LogP contribution in [0.3, 0.4) is 0 Å². The molecule has 28 heavy (non-hydrogen) atoms. The quantitative estimate of drug-likeness (QED) is 0.535. The molecule has 1 atom stereocenters. The molecular weight excluding hydrogens is 409 g/mol. The highest BCUT2D eigenvalue weighted by Gasteiger charge is 2.24. The molecule has 2 aromatic rings. The summed E-state index contributed by atoms with van der Waals surface area (Å²) < 4.78 is 12.2. The molecular formula is C18H19Cl2N3O5. The third-order valence-corrected chi connectivity index (χ3v) is 5.00. The molecule has 1 aliphatic rings. The first kappa shape index (κ1) is 20.4. The average Bonchev–Trinajstić information content (AvgIpc) is 3.33. The highest BCUT2D eigenvalue weighted by atomic mass is 35.5. The van der Waals surface area contributed by atoms with E-state index < -0.39 is 18.0 Å². The zero-order valence-electron chi connectivity index (χ0n) is 14.9. The summed E-state index contributed by atoms with van der Waals surface area (Å²) in [7, 11) is 0. The summed E-state index contributed by atoms with van der Waals surface area (Å²) in [4.78, 5) is 24.3. The van der Waals surface area contributed by atoms with Crippen LogP contribution in [0.4, 0.5) is 0 Å². The molecule has 3 rings (SSSR count). The van der Waals surface area contributed by atoms with E-state index in [1.165, 1.54) is 0 Å². The van der Waals surface area contributed by atoms with E-state index in [1.807, 2.05) is 0 Å². The topological polar surface area (TPSA) is 93.9 Å². The van der Waals surface area contributed by atoms with Gasteiger partial charge in [0.1, 0.15) is 12.7 Å². The fraction of sp³-hybridized carbons (Fsp3) is 0.389. The Morgan fingerprint density at radius 2 is 1.93 bits per heavy atom. The van der Waals surface area contributed by atoms with Gasteiger partial charge in [0.15, 0.2) is 0 Å². The first-order valence-corrected chi connectivity index (χ1v) is 9.48. The van der Waals surface area contributed by atoms with Crippen LogP contribution in [0.15, 0.2) is 30.5 Å². The van der Waals surface area contributed by atoms with Crippen LogP contribution in [0, 0.1) is 0 Å². The molecule has 0 bridgehead atoms. The van der Waals surface area contributed by atoms with Gasteiger partial charge in [-0.2, -0.15) is 0 Å². The summed E-state index contributed by atoms with van der Waals surface area (Å²) in [6.07, 6.45) is 3.10. The summed E-state index contributed by atoms with van der Waals surface area (Å²) in [5.74, 6) is -2.62. The van der Waals surface area contributed by atoms with Gasteiger partial charge in [0, 0.05) is 18.8 Å². The molecule has 1 saturated heterocycles. The van der Waals surface area contributed by atoms with Gasteiger partial charge in [0.05, 0.1) is 15.7 Å². The lowest BCUT2D eigenvalue weighted by molar-refractivity contribution is -0.168. The number of ether oxygens (including phenoxy) is 2. The number of likely N-dealkylation sites (tertiary alicyclic amines) is 1. The van der Waals surface area contributed by atoms with Crippen LogP contribution in [-0.2, 0) is 14.3 Å². The number of aliphatic carboxylic acids is 1. The molecule has 10 heteroatoms. The van der Waals surface area contributed by atoms with E-state index in [9.17, 15) is 9.59 Å². The molecule has 1 N–H and O–H groups in total. The molecule has 1 fully saturated rings. The number of hydrogen-bond acceptors (Lipinski definition) is 6. The molecule has 1 aliphatic heterocycles. The standard InChI is InChI=1S/C18H19Cl2N3O5/c19-14-4-3-12(9-15(14)20)23-8-5-16(21-23)27-11-13(28-18(26)17(24)25)10-22-6-1-2-7-22/h3-5,8-9,13H,1-2,6-7,10-11H2,(H,24,25). The van der Waals surface area contributed by atoms with Crippen molar-refractivity contribution in [2.75, 3.05) is 26.2 Å². The third kappa shape index (κ3) is 5.37. The highest BCUT2D eigenvalue weighted by molar-refractivity contribution is 6.42. The first-order chi connectivity index (χ1) is 13.4. The van der Waals surface area contributed by atoms with Gasteiger partial charge in [0.2, 0.25) is 5.88 Å². The van der Waals surface area contributed by atoms with Crippen molar-refractivity contribution in [3.8, 4) is 11.6 Å². The number of esters is 1. The second kappa shape index (κ2) is 9.27. The van der Waals surface area contributed by atoms with Crippen LogP contribution in [0.25, 0.3) is 5.69 Å². The second-order valence-corrected chi connectivity index (χ2v) is 7.16. The van der Waals surface area contributed by atoms with E-state index in [1.54, 1.807) is 35.1 Å². The lowest BCUT2D eigenvalue weighted by Crippen LogP contribution is -2.38. The van der Waals surface area contributed by atoms with Gasteiger partial charge in [0.25, 0.3) is 0 Å². The number of nitrogens with zero attached hydrogens (tertiary/aromatic N) is 3. The highest BCUT2D eigenvalue weighted by Crippen LogP contribution is 2.24. The van der Waals surface area contributed by atoms with Crippen molar-refractivity contribution in [2.24, 2.45) is 0 Å². The van der Waals surface area contributed by atoms with Crippen molar-refractivity contribution in [3.63, 3.8) is 0 Å². The Morgan fingerprint density at radius 3 is 2.61 bits per heavy atom. The lowest BCUT2D eigenvalue weighted by Gasteiger charge is -2.22. The van der Waals surface area contributed by atoms with E-state index in [0.717, 1.165) is 25.9 Å². The predicted molar refractivity (Wildman–Crippen MR) is 102 cm³/mol. The van der Waals surface area contributed by atoms with Gasteiger partial charge < -0.3 is 14.6 Å². The molecule has 1 aromatic heterocycles. The fourth-order valence-corrected chi connectivity index (χ4v) is 3.21. The smallest absolute Gasteiger partial charge is 0.417 e. The van der Waals surface area contributed by atoms with E-state index in [-0.39, 0.29) is 6.61 Å². The van der Waals surface area contributed by atoms with Gasteiger partial charge >= 0.3 is 11.9 Å². The summed E-state index contributed by atoms with van der Waals surface area (Å²) >= 11 is 11.9. The van der Waals surface area contributed by atoms with Gasteiger partial charge in [-0.15, -0.1) is 5.10 Å². The Bertz CT molecular complexity index is 851. The van der Waals surface area contributed by atoms with Gasteiger partial charge in [-0.05, 0) is 44.1 Å². The normalized spacial score (nSPS) is 15.4. The van der Waals surface area contributed by atoms with Crippen LogP contribution in [0.5, 0.6) is 5.88 Å². The average molecular weight is 428 g/mol. The summed E-state index contributed by atoms with van der Waals surface area (Å²) in [6.45, 7) is 2.17. The lowest BCUT2D eigenvalue weighted by atomic mass is 10.3. The van der Waals surface area contributed by atoms with Gasteiger partial charge in [-0.1, -0.05) is 23.2 Å². The maximum Gasteiger partial charge on any atom is 0.417 e. The molecule has 0 amide bonds. The summed E-state index contributed by atoms with van der Waals surface area (Å²) in [5.41, 5.74) is 0.704. The summed E-state index contributed by atoms with van der Waals surface area (Å²) in [6, 6.07) is 6.74. The van der Waals surface area contributed by atoms with E-state index in [0.29, 0.717) is 28.2 Å². The number of carboxylic acids is 1. The molecule has 2 heterocycles. The van der Waals surface area contributed by atoms with Crippen molar-refractivity contribution in [2.45, 2.75) is 18.9 Å². The van der Waals surface area contributed by atoms with E-state index in [2.05, 4.69) is 10.00 Å². The van der Waals surface area contributed by atoms with Gasteiger partial charge in [-0.25, -0.2) is 14.3 Å². The maximum atomic E-state index is 11.4. The molecule has 0 aliphatic carbocycles. The van der Waals surface area contributed by atoms with E-state index >= 15 is 0 Å². The number of rotatable bonds is 7. The fourth-order valence-electron chi connectivity index (χ4n) is 2.91. The SMILES string of the molecule is O=C(O)C(=O)OC(COc1ccn(-c2ccc(Cl)c(Cl)c2)n1)CN1CCCC1. The Hall–Kier alpha value is -2.29. The van der Waals surface area contributed by atoms with Crippen LogP contribution < -0.4 is 4.74 Å². The van der Waals surface area contributed by atoms with Crippen molar-refractivity contribution >= 4 is 35.1 Å². The molecule has 8 nitrogen and oxygen atoms in total. The molecule has 150 valence electrons. The monoisotopic (exact) mass is 427 g/mol. The number of aromatic nitrogens is 2. The minimum Gasteiger partial charge on any atom is -0.473 e. The maximum absolute atomic E-state index is 11.4. The van der Waals surface area contributed by atoms with Crippen molar-refractivity contribution < 1.29 is 24.2 Å². The van der Waals surface area contributed by atoms with Crippen LogP contribution in [0.1, 0.15) is 12.8 Å². The molecule has 0 saturated carbocycles. The number of carboxylic acid groups (broad SMARTS) is 1. The zero-order chi connectivity index (χ0) is 20.1. The zero-order valence-corrected chi connectivity index (χ0v) is 16.4. The Kier molecular flexibility index (Phi) is 6.77. The molecule has 0 radical (unpaired) electrons. The Morgan fingerprint density at radius 1 is 1.18 bits per heavy atom. The Labute approximate surface area is 171 Å². The number of benzene rings is 1. The van der Waals surface area contributed by atoms with Crippen LogP contribution in [0.2, 0.25) is 10.0 Å². The van der Waals surface area contributed by atoms with Crippen molar-refractivity contribution in [1.29, 1.82) is 0 Å². The summed E-state index contributed by atoms with van der Waals surface area (Å²) in [5, 5.41) is 13.9. The molecule has 0 spiro atoms. The molecule has 1 unspecified atom stereocenters. The first-order valence-electron chi connectivity index (χ1n) is 8.72.